The van der Waals surface area contributed by atoms with E-state index in [4.69, 9.17) is 14.7 Å². The molecule has 0 aliphatic rings. The van der Waals surface area contributed by atoms with E-state index in [1.807, 2.05) is 78.9 Å². The lowest BCUT2D eigenvalue weighted by Crippen LogP contribution is -2.14. The van der Waals surface area contributed by atoms with Gasteiger partial charge in [0.15, 0.2) is 17.2 Å². The van der Waals surface area contributed by atoms with Crippen LogP contribution < -0.4 is 10.1 Å². The Kier molecular flexibility index (Phi) is 6.32. The summed E-state index contributed by atoms with van der Waals surface area (Å²) in [6, 6.07) is 25.0. The largest absolute Gasteiger partial charge is 0.497 e. The quantitative estimate of drug-likeness (QED) is 0.227. The summed E-state index contributed by atoms with van der Waals surface area (Å²) in [5.74, 6) is 1.19. The number of nitrogens with one attached hydrogen (secondary N) is 3. The Morgan fingerprint density at radius 2 is 1.81 bits per heavy atom. The number of nitrogens with zero attached hydrogens (tertiary/aromatic N) is 5. The highest BCUT2D eigenvalue weighted by molar-refractivity contribution is 5.95. The van der Waals surface area contributed by atoms with Crippen LogP contribution in [0, 0.1) is 0 Å². The van der Waals surface area contributed by atoms with E-state index < -0.39 is 0 Å². The molecule has 7 aromatic rings. The Morgan fingerprint density at radius 1 is 0.905 bits per heavy atom. The van der Waals surface area contributed by atoms with Crippen LogP contribution in [0.1, 0.15) is 5.56 Å². The Morgan fingerprint density at radius 3 is 2.69 bits per heavy atom. The summed E-state index contributed by atoms with van der Waals surface area (Å²) in [7, 11) is 1.65. The van der Waals surface area contributed by atoms with E-state index in [2.05, 4.69) is 30.5 Å². The first-order valence-electron chi connectivity index (χ1n) is 13.3. The van der Waals surface area contributed by atoms with Crippen molar-refractivity contribution < 1.29 is 9.53 Å². The predicted octanol–water partition coefficient (Wildman–Crippen LogP) is 5.82. The minimum Gasteiger partial charge on any atom is -0.497 e. The van der Waals surface area contributed by atoms with E-state index in [1.165, 1.54) is 0 Å². The van der Waals surface area contributed by atoms with Crippen LogP contribution >= 0.6 is 0 Å². The van der Waals surface area contributed by atoms with Crippen LogP contribution in [0.4, 0.5) is 5.69 Å². The summed E-state index contributed by atoms with van der Waals surface area (Å²) in [5, 5.41) is 10.5. The Balaban J connectivity index is 1.21. The zero-order valence-electron chi connectivity index (χ0n) is 22.5. The zero-order valence-corrected chi connectivity index (χ0v) is 22.5. The molecule has 0 unspecified atom stereocenters. The number of aromatic nitrogens is 7. The molecule has 1 amide bonds. The average molecular weight is 553 g/mol. The van der Waals surface area contributed by atoms with Gasteiger partial charge in [-0.25, -0.2) is 15.0 Å². The fourth-order valence-corrected chi connectivity index (χ4v) is 4.91. The van der Waals surface area contributed by atoms with Gasteiger partial charge in [-0.05, 0) is 47.5 Å². The van der Waals surface area contributed by atoms with Crippen LogP contribution in [0.3, 0.4) is 0 Å². The molecular formula is C32H24N8O2. The highest BCUT2D eigenvalue weighted by Gasteiger charge is 2.18. The third-order valence-corrected chi connectivity index (χ3v) is 6.92. The number of H-pyrrole nitrogens is 2. The van der Waals surface area contributed by atoms with Crippen molar-refractivity contribution in [1.82, 2.24) is 35.1 Å². The van der Waals surface area contributed by atoms with Gasteiger partial charge in [0.25, 0.3) is 0 Å². The number of hydrogen-bond donors (Lipinski definition) is 3. The first kappa shape index (κ1) is 25.1. The molecule has 204 valence electrons. The standard InChI is InChI=1S/C32H24N8O2/c1-42-23-9-5-8-20(16-23)24-12-13-34-31-28(24)37-32(38-31)30-29-26(39-40-30)11-10-25(36-29)21-15-22(18-33-17-21)35-27(41)14-19-6-3-2-4-7-19/h2-13,15-18H,14H2,1H3,(H,35,41)(H,39,40)(H,34,37,38). The normalized spacial score (nSPS) is 11.2. The van der Waals surface area contributed by atoms with Crippen LogP contribution in [0.2, 0.25) is 0 Å². The number of amides is 1. The molecule has 0 fully saturated rings. The summed E-state index contributed by atoms with van der Waals surface area (Å²) in [5.41, 5.74) is 8.20. The summed E-state index contributed by atoms with van der Waals surface area (Å²) < 4.78 is 5.41. The molecule has 2 aromatic carbocycles. The molecule has 10 nitrogen and oxygen atoms in total. The molecule has 0 atom stereocenters. The number of aromatic amines is 2. The van der Waals surface area contributed by atoms with Gasteiger partial charge in [0.05, 0.1) is 36.6 Å². The van der Waals surface area contributed by atoms with E-state index in [-0.39, 0.29) is 12.3 Å². The maximum atomic E-state index is 12.6. The van der Waals surface area contributed by atoms with Crippen molar-refractivity contribution >= 4 is 33.8 Å². The number of hydrogen-bond acceptors (Lipinski definition) is 7. The molecule has 42 heavy (non-hydrogen) atoms. The second-order valence-electron chi connectivity index (χ2n) is 9.71. The van der Waals surface area contributed by atoms with E-state index in [1.54, 1.807) is 25.7 Å². The minimum atomic E-state index is -0.118. The molecule has 3 N–H and O–H groups in total. The number of carbonyl (C=O) groups excluding carboxylic acids is 1. The van der Waals surface area contributed by atoms with Crippen LogP contribution in [-0.2, 0) is 11.2 Å². The summed E-state index contributed by atoms with van der Waals surface area (Å²) in [6.45, 7) is 0. The average Bonchev–Trinajstić information content (AvgIpc) is 3.65. The van der Waals surface area contributed by atoms with Crippen LogP contribution in [0.15, 0.2) is 97.5 Å². The number of imidazole rings is 1. The highest BCUT2D eigenvalue weighted by atomic mass is 16.5. The lowest BCUT2D eigenvalue weighted by atomic mass is 10.1. The molecule has 10 heteroatoms. The summed E-state index contributed by atoms with van der Waals surface area (Å²) in [4.78, 5) is 34.5. The number of benzene rings is 2. The van der Waals surface area contributed by atoms with Gasteiger partial charge in [-0.15, -0.1) is 0 Å². The number of methoxy groups -OCH3 is 1. The Hall–Kier alpha value is -5.90. The maximum Gasteiger partial charge on any atom is 0.228 e. The third kappa shape index (κ3) is 4.81. The lowest BCUT2D eigenvalue weighted by molar-refractivity contribution is -0.115. The van der Waals surface area contributed by atoms with E-state index >= 15 is 0 Å². The molecule has 0 bridgehead atoms. The van der Waals surface area contributed by atoms with Gasteiger partial charge in [0, 0.05) is 23.5 Å². The van der Waals surface area contributed by atoms with Crippen LogP contribution in [-0.4, -0.2) is 48.1 Å². The Labute approximate surface area is 239 Å². The van der Waals surface area contributed by atoms with Crippen molar-refractivity contribution in [2.45, 2.75) is 6.42 Å². The monoisotopic (exact) mass is 552 g/mol. The molecule has 0 aliphatic heterocycles. The SMILES string of the molecule is COc1cccc(-c2ccnc3[nH]c(-c4n[nH]c5ccc(-c6cncc(NC(=O)Cc7ccccc7)c6)nc45)nc23)c1. The molecule has 0 spiro atoms. The fourth-order valence-electron chi connectivity index (χ4n) is 4.91. The predicted molar refractivity (Wildman–Crippen MR) is 161 cm³/mol. The number of carbonyl (C=O) groups is 1. The molecule has 0 aliphatic carbocycles. The number of ether oxygens (including phenoxy) is 1. The smallest absolute Gasteiger partial charge is 0.228 e. The maximum absolute atomic E-state index is 12.6. The van der Waals surface area contributed by atoms with Crippen molar-refractivity contribution in [1.29, 1.82) is 0 Å². The summed E-state index contributed by atoms with van der Waals surface area (Å²) >= 11 is 0. The van der Waals surface area contributed by atoms with Crippen LogP contribution in [0.5, 0.6) is 5.75 Å². The van der Waals surface area contributed by atoms with Crippen molar-refractivity contribution in [2.24, 2.45) is 0 Å². The number of fused-ring (bicyclic) bond motifs is 2. The minimum absolute atomic E-state index is 0.118. The molecule has 0 radical (unpaired) electrons. The van der Waals surface area contributed by atoms with Crippen LogP contribution in [0.25, 0.3) is 56.1 Å². The van der Waals surface area contributed by atoms with Crippen molar-refractivity contribution in [3.8, 4) is 39.7 Å². The van der Waals surface area contributed by atoms with E-state index in [0.717, 1.165) is 39.0 Å². The zero-order chi connectivity index (χ0) is 28.5. The number of rotatable bonds is 7. The second-order valence-corrected chi connectivity index (χ2v) is 9.71. The second kappa shape index (κ2) is 10.6. The highest BCUT2D eigenvalue weighted by Crippen LogP contribution is 2.32. The van der Waals surface area contributed by atoms with Crippen molar-refractivity contribution in [3.63, 3.8) is 0 Å². The van der Waals surface area contributed by atoms with E-state index in [0.29, 0.717) is 34.1 Å². The molecule has 0 saturated carbocycles. The molecule has 7 rings (SSSR count). The molecular weight excluding hydrogens is 528 g/mol. The lowest BCUT2D eigenvalue weighted by Gasteiger charge is -2.07. The first-order valence-corrected chi connectivity index (χ1v) is 13.3. The van der Waals surface area contributed by atoms with Gasteiger partial charge in [-0.3, -0.25) is 14.9 Å². The van der Waals surface area contributed by atoms with Gasteiger partial charge >= 0.3 is 0 Å². The number of pyridine rings is 3. The molecule has 5 aromatic heterocycles. The molecule has 0 saturated heterocycles. The Bertz CT molecular complexity index is 2070. The van der Waals surface area contributed by atoms with Gasteiger partial charge in [-0.2, -0.15) is 5.10 Å². The van der Waals surface area contributed by atoms with Gasteiger partial charge in [0.2, 0.25) is 5.91 Å². The third-order valence-electron chi connectivity index (χ3n) is 6.92. The number of anilines is 1. The molecule has 5 heterocycles. The van der Waals surface area contributed by atoms with Gasteiger partial charge in [-0.1, -0.05) is 42.5 Å². The first-order chi connectivity index (χ1) is 20.6. The van der Waals surface area contributed by atoms with Gasteiger partial charge < -0.3 is 15.0 Å². The summed E-state index contributed by atoms with van der Waals surface area (Å²) in [6.07, 6.45) is 5.36. The van der Waals surface area contributed by atoms with Gasteiger partial charge in [0.1, 0.15) is 16.8 Å². The van der Waals surface area contributed by atoms with E-state index in [9.17, 15) is 4.79 Å². The van der Waals surface area contributed by atoms with Crippen molar-refractivity contribution in [3.05, 3.63) is 103 Å². The fraction of sp³-hybridized carbons (Fsp3) is 0.0625. The topological polar surface area (TPSA) is 134 Å². The van der Waals surface area contributed by atoms with Crippen molar-refractivity contribution in [2.75, 3.05) is 12.4 Å².